The van der Waals surface area contributed by atoms with Crippen molar-refractivity contribution in [1.82, 2.24) is 15.2 Å². The van der Waals surface area contributed by atoms with Gasteiger partial charge >= 0.3 is 12.4 Å². The smallest absolute Gasteiger partial charge is 0.273 e. The van der Waals surface area contributed by atoms with E-state index in [1.807, 2.05) is 0 Å². The van der Waals surface area contributed by atoms with Crippen LogP contribution in [0.25, 0.3) is 11.4 Å². The van der Waals surface area contributed by atoms with Gasteiger partial charge in [-0.2, -0.15) is 31.4 Å². The number of alkyl halides is 6. The van der Waals surface area contributed by atoms with Crippen molar-refractivity contribution in [2.75, 3.05) is 0 Å². The Kier molecular flexibility index (Phi) is 3.41. The monoisotopic (exact) mass is 315 g/mol. The van der Waals surface area contributed by atoms with Crippen LogP contribution in [-0.4, -0.2) is 15.2 Å². The number of pyridine rings is 1. The molecular formula is C10H4ClF6N3. The van der Waals surface area contributed by atoms with Crippen molar-refractivity contribution in [1.29, 1.82) is 0 Å². The van der Waals surface area contributed by atoms with Crippen LogP contribution in [0.2, 0.25) is 5.02 Å². The van der Waals surface area contributed by atoms with E-state index in [2.05, 4.69) is 10.1 Å². The van der Waals surface area contributed by atoms with Crippen LogP contribution in [0.4, 0.5) is 26.3 Å². The predicted molar refractivity (Wildman–Crippen MR) is 56.8 cm³/mol. The Hall–Kier alpha value is -1.77. The van der Waals surface area contributed by atoms with Gasteiger partial charge in [0, 0.05) is 6.20 Å². The number of aromatic amines is 1. The third-order valence-corrected chi connectivity index (χ3v) is 2.58. The van der Waals surface area contributed by atoms with Gasteiger partial charge in [-0.3, -0.25) is 10.1 Å². The first-order valence-electron chi connectivity index (χ1n) is 4.95. The molecule has 20 heavy (non-hydrogen) atoms. The highest BCUT2D eigenvalue weighted by Crippen LogP contribution is 2.35. The minimum atomic E-state index is -4.65. The third kappa shape index (κ3) is 2.87. The van der Waals surface area contributed by atoms with E-state index in [9.17, 15) is 26.3 Å². The Bertz CT molecular complexity index is 631. The molecule has 2 heterocycles. The highest BCUT2D eigenvalue weighted by molar-refractivity contribution is 6.33. The third-order valence-electron chi connectivity index (χ3n) is 2.29. The molecule has 10 heteroatoms. The lowest BCUT2D eigenvalue weighted by molar-refractivity contribution is -0.141. The van der Waals surface area contributed by atoms with Gasteiger partial charge in [0.25, 0.3) is 0 Å². The van der Waals surface area contributed by atoms with Crippen LogP contribution in [0.3, 0.4) is 0 Å². The molecule has 1 N–H and O–H groups in total. The number of aromatic nitrogens is 3. The van der Waals surface area contributed by atoms with Crippen molar-refractivity contribution in [2.24, 2.45) is 0 Å². The molecule has 0 aliphatic rings. The summed E-state index contributed by atoms with van der Waals surface area (Å²) in [6.45, 7) is 0. The van der Waals surface area contributed by atoms with Crippen molar-refractivity contribution in [3.63, 3.8) is 0 Å². The molecule has 0 radical (unpaired) electrons. The molecule has 0 unspecified atom stereocenters. The van der Waals surface area contributed by atoms with E-state index in [1.165, 1.54) is 0 Å². The Labute approximate surface area is 112 Å². The largest absolute Gasteiger partial charge is 0.432 e. The zero-order chi connectivity index (χ0) is 15.1. The Morgan fingerprint density at radius 1 is 1.00 bits per heavy atom. The van der Waals surface area contributed by atoms with E-state index in [1.54, 1.807) is 5.10 Å². The van der Waals surface area contributed by atoms with Gasteiger partial charge in [0.05, 0.1) is 10.6 Å². The fraction of sp³-hybridized carbons (Fsp3) is 0.200. The van der Waals surface area contributed by atoms with Gasteiger partial charge in [0.1, 0.15) is 17.1 Å². The number of hydrogen-bond acceptors (Lipinski definition) is 2. The van der Waals surface area contributed by atoms with E-state index < -0.39 is 28.6 Å². The zero-order valence-electron chi connectivity index (χ0n) is 9.27. The van der Waals surface area contributed by atoms with E-state index in [0.29, 0.717) is 18.3 Å². The summed E-state index contributed by atoms with van der Waals surface area (Å²) in [5.74, 6) is 0. The molecule has 0 spiro atoms. The molecule has 0 saturated heterocycles. The zero-order valence-corrected chi connectivity index (χ0v) is 10.0. The van der Waals surface area contributed by atoms with Gasteiger partial charge in [-0.25, -0.2) is 0 Å². The molecule has 0 bridgehead atoms. The summed E-state index contributed by atoms with van der Waals surface area (Å²) in [6.07, 6.45) is -8.81. The van der Waals surface area contributed by atoms with E-state index in [-0.39, 0.29) is 11.4 Å². The second-order valence-electron chi connectivity index (χ2n) is 3.72. The summed E-state index contributed by atoms with van der Waals surface area (Å²) in [4.78, 5) is 3.41. The fourth-order valence-electron chi connectivity index (χ4n) is 1.37. The summed E-state index contributed by atoms with van der Waals surface area (Å²) in [5, 5.41) is 4.61. The number of halogens is 7. The maximum atomic E-state index is 12.4. The second-order valence-corrected chi connectivity index (χ2v) is 4.12. The molecule has 108 valence electrons. The van der Waals surface area contributed by atoms with Crippen molar-refractivity contribution in [3.05, 3.63) is 34.6 Å². The first-order chi connectivity index (χ1) is 9.09. The molecule has 0 saturated carbocycles. The van der Waals surface area contributed by atoms with Crippen LogP contribution in [0.5, 0.6) is 0 Å². The molecule has 0 amide bonds. The van der Waals surface area contributed by atoms with Gasteiger partial charge in [-0.05, 0) is 12.1 Å². The topological polar surface area (TPSA) is 41.6 Å². The van der Waals surface area contributed by atoms with Crippen molar-refractivity contribution in [3.8, 4) is 11.4 Å². The normalized spacial score (nSPS) is 12.8. The minimum Gasteiger partial charge on any atom is -0.273 e. The van der Waals surface area contributed by atoms with Gasteiger partial charge in [-0.15, -0.1) is 0 Å². The molecular weight excluding hydrogens is 312 g/mol. The average molecular weight is 316 g/mol. The fourth-order valence-corrected chi connectivity index (χ4v) is 1.63. The van der Waals surface area contributed by atoms with E-state index in [4.69, 9.17) is 11.6 Å². The lowest BCUT2D eigenvalue weighted by Crippen LogP contribution is -2.05. The second kappa shape index (κ2) is 4.65. The van der Waals surface area contributed by atoms with Gasteiger partial charge < -0.3 is 0 Å². The highest BCUT2D eigenvalue weighted by Gasteiger charge is 2.34. The number of hydrogen-bond donors (Lipinski definition) is 1. The van der Waals surface area contributed by atoms with Gasteiger partial charge in [0.2, 0.25) is 0 Å². The standard InChI is InChI=1S/C10H4ClF6N3/c11-5-1-4(9(12,13)14)3-18-8(5)6-2-7(20-19-6)10(15,16)17/h1-3H,(H,19,20). The van der Waals surface area contributed by atoms with Crippen LogP contribution in [-0.2, 0) is 12.4 Å². The molecule has 0 fully saturated rings. The quantitative estimate of drug-likeness (QED) is 0.803. The Morgan fingerprint density at radius 3 is 2.10 bits per heavy atom. The summed E-state index contributed by atoms with van der Waals surface area (Å²) >= 11 is 5.60. The first kappa shape index (κ1) is 14.6. The lowest BCUT2D eigenvalue weighted by Gasteiger charge is -2.07. The molecule has 0 aliphatic carbocycles. The molecule has 2 aromatic heterocycles. The maximum Gasteiger partial charge on any atom is 0.432 e. The molecule has 0 atom stereocenters. The van der Waals surface area contributed by atoms with Crippen LogP contribution in [0.1, 0.15) is 11.3 Å². The summed E-state index contributed by atoms with van der Waals surface area (Å²) < 4.78 is 74.3. The average Bonchev–Trinajstić information content (AvgIpc) is 2.76. The summed E-state index contributed by atoms with van der Waals surface area (Å²) in [6, 6.07) is 1.19. The van der Waals surface area contributed by atoms with E-state index >= 15 is 0 Å². The number of nitrogens with zero attached hydrogens (tertiary/aromatic N) is 2. The van der Waals surface area contributed by atoms with Crippen molar-refractivity contribution < 1.29 is 26.3 Å². The van der Waals surface area contributed by atoms with Crippen LogP contribution in [0.15, 0.2) is 18.3 Å². The van der Waals surface area contributed by atoms with Crippen LogP contribution < -0.4 is 0 Å². The number of H-pyrrole nitrogens is 1. The number of rotatable bonds is 1. The van der Waals surface area contributed by atoms with Crippen molar-refractivity contribution in [2.45, 2.75) is 12.4 Å². The maximum absolute atomic E-state index is 12.4. The summed E-state index contributed by atoms with van der Waals surface area (Å²) in [7, 11) is 0. The number of nitrogens with one attached hydrogen (secondary N) is 1. The SMILES string of the molecule is FC(F)(F)c1cnc(-c2cc(C(F)(F)F)[nH]n2)c(Cl)c1. The molecule has 3 nitrogen and oxygen atoms in total. The summed E-state index contributed by atoms with van der Waals surface area (Å²) in [5.41, 5.74) is -2.81. The Morgan fingerprint density at radius 2 is 1.65 bits per heavy atom. The highest BCUT2D eigenvalue weighted by atomic mass is 35.5. The van der Waals surface area contributed by atoms with E-state index in [0.717, 1.165) is 0 Å². The molecule has 2 aromatic rings. The molecule has 0 aliphatic heterocycles. The Balaban J connectivity index is 2.42. The molecule has 2 rings (SSSR count). The lowest BCUT2D eigenvalue weighted by atomic mass is 10.2. The van der Waals surface area contributed by atoms with Gasteiger partial charge in [-0.1, -0.05) is 11.6 Å². The van der Waals surface area contributed by atoms with Crippen LogP contribution in [0, 0.1) is 0 Å². The van der Waals surface area contributed by atoms with Crippen molar-refractivity contribution >= 4 is 11.6 Å². The molecule has 0 aromatic carbocycles. The minimum absolute atomic E-state index is 0.272. The predicted octanol–water partition coefficient (Wildman–Crippen LogP) is 4.16. The van der Waals surface area contributed by atoms with Crippen LogP contribution >= 0.6 is 11.6 Å². The first-order valence-corrected chi connectivity index (χ1v) is 5.32. The van der Waals surface area contributed by atoms with Gasteiger partial charge in [0.15, 0.2) is 0 Å².